The van der Waals surface area contributed by atoms with Crippen LogP contribution < -0.4 is 10.6 Å². The fourth-order valence-electron chi connectivity index (χ4n) is 2.01. The highest BCUT2D eigenvalue weighted by Crippen LogP contribution is 2.21. The first-order chi connectivity index (χ1) is 10.5. The number of hydrogen-bond acceptors (Lipinski definition) is 3. The standard InChI is InChI=1S/C17H20N2O3/c1-11(2)10-22-17(21)19-15-7-6-12-8-14(16(20)18-3)5-4-13(12)9-15/h4-9,11H,10H2,1-3H3,(H,18,20)(H,19,21). The summed E-state index contributed by atoms with van der Waals surface area (Å²) < 4.78 is 5.08. The molecule has 0 fully saturated rings. The van der Waals surface area contributed by atoms with Gasteiger partial charge in [0.05, 0.1) is 6.61 Å². The average molecular weight is 300 g/mol. The largest absolute Gasteiger partial charge is 0.449 e. The van der Waals surface area contributed by atoms with Crippen LogP contribution in [0.25, 0.3) is 10.8 Å². The van der Waals surface area contributed by atoms with E-state index in [0.29, 0.717) is 23.8 Å². The number of fused-ring (bicyclic) bond motifs is 1. The monoisotopic (exact) mass is 300 g/mol. The van der Waals surface area contributed by atoms with Gasteiger partial charge in [-0.05, 0) is 41.0 Å². The quantitative estimate of drug-likeness (QED) is 0.909. The van der Waals surface area contributed by atoms with Gasteiger partial charge in [-0.1, -0.05) is 26.0 Å². The average Bonchev–Trinajstić information content (AvgIpc) is 2.51. The van der Waals surface area contributed by atoms with E-state index >= 15 is 0 Å². The number of carbonyl (C=O) groups is 2. The molecular weight excluding hydrogens is 280 g/mol. The molecule has 0 aliphatic rings. The predicted octanol–water partition coefficient (Wildman–Crippen LogP) is 3.40. The number of carbonyl (C=O) groups excluding carboxylic acids is 2. The van der Waals surface area contributed by atoms with Crippen LogP contribution in [0.3, 0.4) is 0 Å². The molecule has 0 saturated carbocycles. The van der Waals surface area contributed by atoms with E-state index < -0.39 is 6.09 Å². The molecule has 5 heteroatoms. The summed E-state index contributed by atoms with van der Waals surface area (Å²) in [6, 6.07) is 10.9. The van der Waals surface area contributed by atoms with Crippen molar-refractivity contribution in [3.05, 3.63) is 42.0 Å². The molecule has 2 rings (SSSR count). The van der Waals surface area contributed by atoms with E-state index in [9.17, 15) is 9.59 Å². The lowest BCUT2D eigenvalue weighted by atomic mass is 10.1. The Kier molecular flexibility index (Phi) is 4.99. The van der Waals surface area contributed by atoms with E-state index in [1.807, 2.05) is 38.1 Å². The van der Waals surface area contributed by atoms with Crippen molar-refractivity contribution in [3.8, 4) is 0 Å². The van der Waals surface area contributed by atoms with Crippen LogP contribution in [-0.2, 0) is 4.74 Å². The van der Waals surface area contributed by atoms with Gasteiger partial charge in [-0.15, -0.1) is 0 Å². The van der Waals surface area contributed by atoms with Crippen LogP contribution in [0.5, 0.6) is 0 Å². The minimum atomic E-state index is -0.463. The van der Waals surface area contributed by atoms with Crippen molar-refractivity contribution < 1.29 is 14.3 Å². The SMILES string of the molecule is CNC(=O)c1ccc2cc(NC(=O)OCC(C)C)ccc2c1. The van der Waals surface area contributed by atoms with Crippen molar-refractivity contribution >= 4 is 28.5 Å². The number of amides is 2. The van der Waals surface area contributed by atoms with E-state index in [1.54, 1.807) is 19.2 Å². The number of benzene rings is 2. The van der Waals surface area contributed by atoms with Gasteiger partial charge in [0.15, 0.2) is 0 Å². The van der Waals surface area contributed by atoms with Crippen LogP contribution in [0.15, 0.2) is 36.4 Å². The molecular formula is C17H20N2O3. The Morgan fingerprint density at radius 1 is 1.09 bits per heavy atom. The van der Waals surface area contributed by atoms with Crippen molar-refractivity contribution in [1.82, 2.24) is 5.32 Å². The first-order valence-electron chi connectivity index (χ1n) is 7.19. The van der Waals surface area contributed by atoms with Crippen LogP contribution in [0.2, 0.25) is 0 Å². The highest BCUT2D eigenvalue weighted by Gasteiger charge is 2.07. The molecule has 0 heterocycles. The van der Waals surface area contributed by atoms with E-state index in [1.165, 1.54) is 0 Å². The molecule has 0 atom stereocenters. The molecule has 116 valence electrons. The minimum Gasteiger partial charge on any atom is -0.449 e. The van der Waals surface area contributed by atoms with E-state index in [2.05, 4.69) is 10.6 Å². The normalized spacial score (nSPS) is 10.5. The van der Waals surface area contributed by atoms with Gasteiger partial charge in [0.25, 0.3) is 5.91 Å². The van der Waals surface area contributed by atoms with Gasteiger partial charge >= 0.3 is 6.09 Å². The van der Waals surface area contributed by atoms with Gasteiger partial charge < -0.3 is 10.1 Å². The fourth-order valence-corrected chi connectivity index (χ4v) is 2.01. The Bertz CT molecular complexity index is 695. The molecule has 2 aromatic rings. The zero-order valence-electron chi connectivity index (χ0n) is 13.0. The van der Waals surface area contributed by atoms with Crippen LogP contribution in [-0.4, -0.2) is 25.7 Å². The maximum absolute atomic E-state index is 11.6. The highest BCUT2D eigenvalue weighted by atomic mass is 16.5. The van der Waals surface area contributed by atoms with Gasteiger partial charge in [0.2, 0.25) is 0 Å². The molecule has 0 aliphatic heterocycles. The van der Waals surface area contributed by atoms with Gasteiger partial charge in [-0.2, -0.15) is 0 Å². The topological polar surface area (TPSA) is 67.4 Å². The molecule has 2 aromatic carbocycles. The number of ether oxygens (including phenoxy) is 1. The second kappa shape index (κ2) is 6.93. The summed E-state index contributed by atoms with van der Waals surface area (Å²) in [5.41, 5.74) is 1.26. The summed E-state index contributed by atoms with van der Waals surface area (Å²) in [7, 11) is 1.60. The second-order valence-corrected chi connectivity index (χ2v) is 5.47. The molecule has 0 saturated heterocycles. The summed E-state index contributed by atoms with van der Waals surface area (Å²) in [5, 5.41) is 7.16. The summed E-state index contributed by atoms with van der Waals surface area (Å²) in [4.78, 5) is 23.3. The first-order valence-corrected chi connectivity index (χ1v) is 7.19. The van der Waals surface area contributed by atoms with Crippen LogP contribution in [0, 0.1) is 5.92 Å². The Morgan fingerprint density at radius 2 is 1.77 bits per heavy atom. The minimum absolute atomic E-state index is 0.124. The van der Waals surface area contributed by atoms with Gasteiger partial charge in [-0.3, -0.25) is 10.1 Å². The smallest absolute Gasteiger partial charge is 0.411 e. The Balaban J connectivity index is 2.14. The van der Waals surface area contributed by atoms with Crippen molar-refractivity contribution in [2.75, 3.05) is 19.0 Å². The molecule has 0 radical (unpaired) electrons. The van der Waals surface area contributed by atoms with Crippen molar-refractivity contribution in [2.24, 2.45) is 5.92 Å². The van der Waals surface area contributed by atoms with E-state index in [4.69, 9.17) is 4.74 Å². The number of anilines is 1. The highest BCUT2D eigenvalue weighted by molar-refractivity contribution is 5.99. The lowest BCUT2D eigenvalue weighted by Crippen LogP contribution is -2.17. The van der Waals surface area contributed by atoms with Crippen LogP contribution >= 0.6 is 0 Å². The molecule has 22 heavy (non-hydrogen) atoms. The number of hydrogen-bond donors (Lipinski definition) is 2. The van der Waals surface area contributed by atoms with Crippen molar-refractivity contribution in [1.29, 1.82) is 0 Å². The first kappa shape index (κ1) is 15.8. The third-order valence-corrected chi connectivity index (χ3v) is 3.12. The zero-order valence-corrected chi connectivity index (χ0v) is 13.0. The maximum atomic E-state index is 11.6. The molecule has 0 bridgehead atoms. The number of nitrogens with one attached hydrogen (secondary N) is 2. The summed E-state index contributed by atoms with van der Waals surface area (Å²) in [6.45, 7) is 4.34. The van der Waals surface area contributed by atoms with Gasteiger partial charge in [0, 0.05) is 18.3 Å². The molecule has 0 spiro atoms. The Labute approximate surface area is 129 Å². The molecule has 5 nitrogen and oxygen atoms in total. The van der Waals surface area contributed by atoms with Gasteiger partial charge in [0.1, 0.15) is 0 Å². The molecule has 0 aromatic heterocycles. The van der Waals surface area contributed by atoms with Crippen molar-refractivity contribution in [3.63, 3.8) is 0 Å². The molecule has 0 unspecified atom stereocenters. The number of rotatable bonds is 4. The molecule has 2 N–H and O–H groups in total. The molecule has 0 aliphatic carbocycles. The molecule has 2 amide bonds. The lowest BCUT2D eigenvalue weighted by Gasteiger charge is -2.10. The van der Waals surface area contributed by atoms with E-state index in [-0.39, 0.29) is 5.91 Å². The Morgan fingerprint density at radius 3 is 2.45 bits per heavy atom. The summed E-state index contributed by atoms with van der Waals surface area (Å²) in [5.74, 6) is 0.173. The van der Waals surface area contributed by atoms with Crippen LogP contribution in [0.4, 0.5) is 10.5 Å². The van der Waals surface area contributed by atoms with E-state index in [0.717, 1.165) is 10.8 Å². The summed E-state index contributed by atoms with van der Waals surface area (Å²) in [6.07, 6.45) is -0.463. The van der Waals surface area contributed by atoms with Crippen LogP contribution in [0.1, 0.15) is 24.2 Å². The third kappa shape index (κ3) is 3.97. The van der Waals surface area contributed by atoms with Crippen molar-refractivity contribution in [2.45, 2.75) is 13.8 Å². The summed E-state index contributed by atoms with van der Waals surface area (Å²) >= 11 is 0. The second-order valence-electron chi connectivity index (χ2n) is 5.47. The third-order valence-electron chi connectivity index (χ3n) is 3.12. The lowest BCUT2D eigenvalue weighted by molar-refractivity contribution is 0.0963. The fraction of sp³-hybridized carbons (Fsp3) is 0.294. The zero-order chi connectivity index (χ0) is 16.1. The Hall–Kier alpha value is -2.56. The predicted molar refractivity (Wildman–Crippen MR) is 87.1 cm³/mol. The van der Waals surface area contributed by atoms with Gasteiger partial charge in [-0.25, -0.2) is 4.79 Å². The maximum Gasteiger partial charge on any atom is 0.411 e.